The van der Waals surface area contributed by atoms with Crippen molar-refractivity contribution in [3.05, 3.63) is 52.8 Å². The van der Waals surface area contributed by atoms with Crippen LogP contribution in [0.1, 0.15) is 71.8 Å². The predicted molar refractivity (Wildman–Crippen MR) is 210 cm³/mol. The number of hydrogen-bond acceptors (Lipinski definition) is 9. The van der Waals surface area contributed by atoms with Crippen LogP contribution < -0.4 is 14.4 Å². The number of rotatable bonds is 9. The van der Waals surface area contributed by atoms with E-state index < -0.39 is 23.1 Å². The number of fused-ring (bicyclic) bond motifs is 5. The maximum Gasteiger partial charge on any atom is 0.410 e. The maximum absolute atomic E-state index is 17.6. The minimum Gasteiger partial charge on any atom is -0.468 e. The Kier molecular flexibility index (Phi) is 10.2. The summed E-state index contributed by atoms with van der Waals surface area (Å²) >= 11 is 7.17. The second kappa shape index (κ2) is 14.8. The van der Waals surface area contributed by atoms with Gasteiger partial charge in [-0.15, -0.1) is 0 Å². The van der Waals surface area contributed by atoms with E-state index >= 15 is 4.39 Å². The lowest BCUT2D eigenvalue weighted by Gasteiger charge is -2.32. The first-order chi connectivity index (χ1) is 26.4. The van der Waals surface area contributed by atoms with Crippen molar-refractivity contribution in [1.29, 1.82) is 0 Å². The Labute approximate surface area is 326 Å². The van der Waals surface area contributed by atoms with Gasteiger partial charge in [0, 0.05) is 50.2 Å². The number of amides is 1. The van der Waals surface area contributed by atoms with Gasteiger partial charge in [-0.1, -0.05) is 36.7 Å². The first kappa shape index (κ1) is 37.9. The van der Waals surface area contributed by atoms with E-state index in [9.17, 15) is 9.18 Å². The number of carbonyl (C=O) groups is 1. The number of nitrogens with zero attached hydrogens (tertiary/aromatic N) is 5. The van der Waals surface area contributed by atoms with Crippen molar-refractivity contribution in [1.82, 2.24) is 19.8 Å². The number of aromatic nitrogens is 2. The Morgan fingerprint density at radius 1 is 1.05 bits per heavy atom. The summed E-state index contributed by atoms with van der Waals surface area (Å²) < 4.78 is 55.7. The van der Waals surface area contributed by atoms with Crippen molar-refractivity contribution in [2.75, 3.05) is 51.6 Å². The molecule has 4 fully saturated rings. The molecule has 4 aliphatic rings. The standard InChI is InChI=1S/C42H50ClF2N5O5/c1-6-25-9-7-10-26-17-30(54-24-52-5)18-31(34(25)26)35-33(43)19-32-37(36(35)45)46-39(53-23-42-14-8-15-49(42)21-27(44)20-42)47-38(32)48-16-13-28-11-12-29(22-48)50(28)40(51)55-41(2,3)4/h7,9-10,17-19,27-29H,6,8,11-16,20-24H2,1-5H3/t27-,28-,29+,42+/m1/s1. The average molecular weight is 778 g/mol. The Morgan fingerprint density at radius 3 is 2.65 bits per heavy atom. The van der Waals surface area contributed by atoms with Crippen LogP contribution in [0.2, 0.25) is 5.02 Å². The zero-order valence-corrected chi connectivity index (χ0v) is 33.1. The molecule has 0 N–H and O–H groups in total. The summed E-state index contributed by atoms with van der Waals surface area (Å²) in [7, 11) is 1.55. The van der Waals surface area contributed by atoms with E-state index in [0.717, 1.165) is 55.0 Å². The van der Waals surface area contributed by atoms with Crippen LogP contribution in [0.15, 0.2) is 36.4 Å². The van der Waals surface area contributed by atoms with Gasteiger partial charge in [-0.2, -0.15) is 9.97 Å². The van der Waals surface area contributed by atoms with Crippen LogP contribution in [-0.2, 0) is 15.9 Å². The molecule has 0 unspecified atom stereocenters. The third kappa shape index (κ3) is 7.14. The van der Waals surface area contributed by atoms with Crippen molar-refractivity contribution < 1.29 is 32.5 Å². The van der Waals surface area contributed by atoms with Gasteiger partial charge < -0.3 is 28.7 Å². The largest absolute Gasteiger partial charge is 0.468 e. The summed E-state index contributed by atoms with van der Waals surface area (Å²) in [6.45, 7) is 10.1. The normalized spacial score (nSPS) is 24.1. The second-order valence-electron chi connectivity index (χ2n) is 16.5. The minimum absolute atomic E-state index is 0.0118. The Morgan fingerprint density at radius 2 is 1.87 bits per heavy atom. The molecule has 8 rings (SSSR count). The van der Waals surface area contributed by atoms with Crippen molar-refractivity contribution in [3.63, 3.8) is 0 Å². The third-order valence-corrected chi connectivity index (χ3v) is 12.1. The van der Waals surface area contributed by atoms with E-state index in [1.54, 1.807) is 19.2 Å². The molecule has 5 heterocycles. The first-order valence-electron chi connectivity index (χ1n) is 19.5. The maximum atomic E-state index is 17.6. The summed E-state index contributed by atoms with van der Waals surface area (Å²) in [5.41, 5.74) is 0.799. The molecule has 10 nitrogen and oxygen atoms in total. The van der Waals surface area contributed by atoms with E-state index in [4.69, 9.17) is 40.5 Å². The smallest absolute Gasteiger partial charge is 0.410 e. The molecule has 294 valence electrons. The van der Waals surface area contributed by atoms with E-state index in [-0.39, 0.29) is 53.7 Å². The zero-order chi connectivity index (χ0) is 38.6. The Hall–Kier alpha value is -4.00. The first-order valence-corrected chi connectivity index (χ1v) is 19.9. The lowest BCUT2D eigenvalue weighted by atomic mass is 9.92. The van der Waals surface area contributed by atoms with Gasteiger partial charge in [-0.3, -0.25) is 4.90 Å². The fraction of sp³-hybridized carbons (Fsp3) is 0.548. The minimum atomic E-state index is -0.925. The number of aryl methyl sites for hydroxylation is 1. The van der Waals surface area contributed by atoms with Crippen LogP contribution in [-0.4, -0.2) is 102 Å². The van der Waals surface area contributed by atoms with Crippen LogP contribution in [0, 0.1) is 5.82 Å². The molecule has 0 spiro atoms. The summed E-state index contributed by atoms with van der Waals surface area (Å²) in [5, 5.41) is 2.39. The number of methoxy groups -OCH3 is 1. The molecule has 0 saturated carbocycles. The van der Waals surface area contributed by atoms with Crippen molar-refractivity contribution in [2.24, 2.45) is 0 Å². The van der Waals surface area contributed by atoms with Gasteiger partial charge in [0.1, 0.15) is 35.5 Å². The SMILES string of the molecule is CCc1cccc2cc(OCOC)cc(-c3c(Cl)cc4c(N5CC[C@H]6CC[C@@H](C5)N6C(=O)OC(C)(C)C)nc(OC[C@@]56CCCN5C[C@H](F)C6)nc4c3F)c12. The molecule has 4 aliphatic heterocycles. The lowest BCUT2D eigenvalue weighted by molar-refractivity contribution is 0.0163. The topological polar surface area (TPSA) is 89.5 Å². The molecule has 3 aromatic carbocycles. The van der Waals surface area contributed by atoms with Crippen LogP contribution in [0.25, 0.3) is 32.8 Å². The highest BCUT2D eigenvalue weighted by atomic mass is 35.5. The van der Waals surface area contributed by atoms with Crippen LogP contribution in [0.5, 0.6) is 11.8 Å². The number of alkyl halides is 1. The predicted octanol–water partition coefficient (Wildman–Crippen LogP) is 8.72. The van der Waals surface area contributed by atoms with Gasteiger partial charge in [0.05, 0.1) is 16.6 Å². The number of carbonyl (C=O) groups excluding carboxylic acids is 1. The average Bonchev–Trinajstić information content (AvgIpc) is 3.77. The number of anilines is 1. The summed E-state index contributed by atoms with van der Waals surface area (Å²) in [6, 6.07) is 11.3. The molecule has 4 saturated heterocycles. The monoisotopic (exact) mass is 777 g/mol. The molecule has 4 atom stereocenters. The molecule has 2 bridgehead atoms. The van der Waals surface area contributed by atoms with Gasteiger partial charge >= 0.3 is 12.1 Å². The van der Waals surface area contributed by atoms with Gasteiger partial charge in [0.15, 0.2) is 12.6 Å². The van der Waals surface area contributed by atoms with E-state index in [0.29, 0.717) is 55.0 Å². The zero-order valence-electron chi connectivity index (χ0n) is 32.3. The highest BCUT2D eigenvalue weighted by Gasteiger charge is 2.49. The molecule has 13 heteroatoms. The van der Waals surface area contributed by atoms with Crippen LogP contribution in [0.3, 0.4) is 0 Å². The molecule has 1 amide bonds. The molecule has 55 heavy (non-hydrogen) atoms. The fourth-order valence-electron chi connectivity index (χ4n) is 9.42. The van der Waals surface area contributed by atoms with Gasteiger partial charge in [-0.05, 0) is 106 Å². The number of benzene rings is 3. The highest BCUT2D eigenvalue weighted by Crippen LogP contribution is 2.45. The van der Waals surface area contributed by atoms with Crippen LogP contribution >= 0.6 is 11.6 Å². The molecular weight excluding hydrogens is 728 g/mol. The van der Waals surface area contributed by atoms with Crippen molar-refractivity contribution >= 4 is 45.2 Å². The number of halogens is 3. The van der Waals surface area contributed by atoms with Crippen molar-refractivity contribution in [2.45, 2.75) is 102 Å². The lowest BCUT2D eigenvalue weighted by Crippen LogP contribution is -2.45. The van der Waals surface area contributed by atoms with Gasteiger partial charge in [-0.25, -0.2) is 13.6 Å². The van der Waals surface area contributed by atoms with Crippen molar-refractivity contribution in [3.8, 4) is 22.9 Å². The molecule has 0 aliphatic carbocycles. The van der Waals surface area contributed by atoms with Gasteiger partial charge in [0.25, 0.3) is 0 Å². The second-order valence-corrected chi connectivity index (χ2v) is 16.9. The summed E-state index contributed by atoms with van der Waals surface area (Å²) in [4.78, 5) is 29.3. The molecule has 4 aromatic rings. The Bertz CT molecular complexity index is 2120. The van der Waals surface area contributed by atoms with E-state index in [1.165, 1.54) is 0 Å². The van der Waals surface area contributed by atoms with Crippen LogP contribution in [0.4, 0.5) is 19.4 Å². The molecule has 1 aromatic heterocycles. The van der Waals surface area contributed by atoms with E-state index in [2.05, 4.69) is 16.7 Å². The highest BCUT2D eigenvalue weighted by molar-refractivity contribution is 6.35. The fourth-order valence-corrected chi connectivity index (χ4v) is 9.71. The molecular formula is C42H50ClF2N5O5. The summed E-state index contributed by atoms with van der Waals surface area (Å²) in [5.74, 6) is 0.387. The number of hydrogen-bond donors (Lipinski definition) is 0. The quantitative estimate of drug-likeness (QED) is 0.155. The van der Waals surface area contributed by atoms with E-state index in [1.807, 2.05) is 49.9 Å². The summed E-state index contributed by atoms with van der Waals surface area (Å²) in [6.07, 6.45) is 4.00. The molecule has 0 radical (unpaired) electrons. The third-order valence-electron chi connectivity index (χ3n) is 11.8. The Balaban J connectivity index is 1.26. The van der Waals surface area contributed by atoms with Gasteiger partial charge in [0.2, 0.25) is 0 Å². The number of ether oxygens (including phenoxy) is 4.